The quantitative estimate of drug-likeness (QED) is 0.452. The highest BCUT2D eigenvalue weighted by Crippen LogP contribution is 2.20. The zero-order valence-corrected chi connectivity index (χ0v) is 17.4. The van der Waals surface area contributed by atoms with Gasteiger partial charge >= 0.3 is 0 Å². The van der Waals surface area contributed by atoms with Gasteiger partial charge in [0.1, 0.15) is 12.4 Å². The predicted molar refractivity (Wildman–Crippen MR) is 111 cm³/mol. The molecule has 0 saturated carbocycles. The van der Waals surface area contributed by atoms with Crippen molar-refractivity contribution in [1.82, 2.24) is 4.90 Å². The van der Waals surface area contributed by atoms with Gasteiger partial charge in [-0.2, -0.15) is 8.42 Å². The van der Waals surface area contributed by atoms with Gasteiger partial charge in [-0.1, -0.05) is 37.3 Å². The molecule has 28 heavy (non-hydrogen) atoms. The molecule has 1 fully saturated rings. The van der Waals surface area contributed by atoms with Gasteiger partial charge in [-0.15, -0.1) is 0 Å². The Balaban J connectivity index is 1.30. The van der Waals surface area contributed by atoms with Gasteiger partial charge in [0.25, 0.3) is 10.1 Å². The Labute approximate surface area is 168 Å². The molecule has 1 aliphatic heterocycles. The highest BCUT2D eigenvalue weighted by molar-refractivity contribution is 7.86. The third-order valence-electron chi connectivity index (χ3n) is 5.14. The van der Waals surface area contributed by atoms with Gasteiger partial charge in [-0.05, 0) is 22.9 Å². The number of rotatable bonds is 11. The van der Waals surface area contributed by atoms with Crippen molar-refractivity contribution in [2.45, 2.75) is 19.8 Å². The van der Waals surface area contributed by atoms with Crippen molar-refractivity contribution in [3.63, 3.8) is 0 Å². The molecule has 7 heteroatoms. The highest BCUT2D eigenvalue weighted by Gasteiger charge is 2.22. The molecule has 6 nitrogen and oxygen atoms in total. The van der Waals surface area contributed by atoms with Crippen LogP contribution in [0, 0.1) is 0 Å². The molecule has 1 heterocycles. The summed E-state index contributed by atoms with van der Waals surface area (Å²) in [7, 11) is -3.45. The average molecular weight is 408 g/mol. The summed E-state index contributed by atoms with van der Waals surface area (Å²) in [6.45, 7) is 7.91. The standard InChI is InChI=1S/C21H30N2O4S/c1-2-22-12-13-23(18-22)11-5-16-28(24,25)27-15-6-14-26-21-10-9-19-7-3-4-8-20(19)17-21/h3-4,7-10,17H,2,5-6,11-16,18H2,1H3/p+1. The molecule has 1 N–H and O–H groups in total. The van der Waals surface area contributed by atoms with Crippen LogP contribution in [-0.2, 0) is 14.3 Å². The van der Waals surface area contributed by atoms with Crippen molar-refractivity contribution in [3.8, 4) is 5.75 Å². The fraction of sp³-hybridized carbons (Fsp3) is 0.524. The summed E-state index contributed by atoms with van der Waals surface area (Å²) >= 11 is 0. The second-order valence-electron chi connectivity index (χ2n) is 7.27. The molecule has 0 aliphatic carbocycles. The first-order chi connectivity index (χ1) is 13.6. The lowest BCUT2D eigenvalue weighted by molar-refractivity contribution is -0.891. The van der Waals surface area contributed by atoms with E-state index in [1.54, 1.807) is 0 Å². The van der Waals surface area contributed by atoms with E-state index in [-0.39, 0.29) is 12.4 Å². The minimum atomic E-state index is -3.45. The molecule has 1 unspecified atom stereocenters. The number of nitrogens with one attached hydrogen (secondary N) is 1. The van der Waals surface area contributed by atoms with Crippen molar-refractivity contribution in [2.24, 2.45) is 0 Å². The van der Waals surface area contributed by atoms with E-state index in [4.69, 9.17) is 8.92 Å². The zero-order chi connectivity index (χ0) is 19.8. The van der Waals surface area contributed by atoms with Crippen molar-refractivity contribution in [1.29, 1.82) is 0 Å². The van der Waals surface area contributed by atoms with Crippen LogP contribution in [0.2, 0.25) is 0 Å². The van der Waals surface area contributed by atoms with Gasteiger partial charge in [0.2, 0.25) is 0 Å². The summed E-state index contributed by atoms with van der Waals surface area (Å²) in [4.78, 5) is 3.84. The van der Waals surface area contributed by atoms with E-state index in [1.165, 1.54) is 10.3 Å². The van der Waals surface area contributed by atoms with E-state index in [0.717, 1.165) is 44.0 Å². The molecule has 2 aromatic carbocycles. The zero-order valence-electron chi connectivity index (χ0n) is 16.6. The second-order valence-corrected chi connectivity index (χ2v) is 9.03. The monoisotopic (exact) mass is 407 g/mol. The fourth-order valence-electron chi connectivity index (χ4n) is 3.51. The van der Waals surface area contributed by atoms with Crippen LogP contribution in [0.15, 0.2) is 42.5 Å². The van der Waals surface area contributed by atoms with E-state index in [1.807, 2.05) is 36.4 Å². The smallest absolute Gasteiger partial charge is 0.267 e. The summed E-state index contributed by atoms with van der Waals surface area (Å²) in [5.41, 5.74) is 0. The first kappa shape index (κ1) is 21.0. The van der Waals surface area contributed by atoms with Crippen molar-refractivity contribution < 1.29 is 22.2 Å². The molecule has 2 aromatic rings. The maximum Gasteiger partial charge on any atom is 0.267 e. The Bertz CT molecular complexity index is 856. The number of benzene rings is 2. The number of ether oxygens (including phenoxy) is 1. The lowest BCUT2D eigenvalue weighted by atomic mass is 10.1. The first-order valence-corrected chi connectivity index (χ1v) is 11.7. The molecule has 154 valence electrons. The average Bonchev–Trinajstić information content (AvgIpc) is 3.15. The van der Waals surface area contributed by atoms with E-state index in [9.17, 15) is 8.42 Å². The maximum absolute atomic E-state index is 12.0. The normalized spacial score (nSPS) is 18.0. The molecular weight excluding hydrogens is 376 g/mol. The Morgan fingerprint density at radius 2 is 1.89 bits per heavy atom. The Morgan fingerprint density at radius 3 is 2.68 bits per heavy atom. The Hall–Kier alpha value is -1.67. The molecule has 0 aromatic heterocycles. The van der Waals surface area contributed by atoms with E-state index < -0.39 is 10.1 Å². The van der Waals surface area contributed by atoms with Crippen LogP contribution in [-0.4, -0.2) is 65.1 Å². The Morgan fingerprint density at radius 1 is 1.07 bits per heavy atom. The van der Waals surface area contributed by atoms with Crippen LogP contribution in [0.4, 0.5) is 0 Å². The summed E-state index contributed by atoms with van der Waals surface area (Å²) in [5.74, 6) is 0.880. The first-order valence-electron chi connectivity index (χ1n) is 10.1. The van der Waals surface area contributed by atoms with Crippen LogP contribution in [0.25, 0.3) is 10.8 Å². The van der Waals surface area contributed by atoms with Gasteiger partial charge < -0.3 is 9.64 Å². The van der Waals surface area contributed by atoms with E-state index in [0.29, 0.717) is 19.4 Å². The van der Waals surface area contributed by atoms with Gasteiger partial charge in [-0.25, -0.2) is 0 Å². The maximum atomic E-state index is 12.0. The number of likely N-dealkylation sites (N-methyl/N-ethyl adjacent to an activating group) is 1. The molecule has 3 rings (SSSR count). The molecule has 1 atom stereocenters. The molecule has 0 spiro atoms. The predicted octanol–water partition coefficient (Wildman–Crippen LogP) is 1.52. The van der Waals surface area contributed by atoms with Crippen LogP contribution in [0.5, 0.6) is 5.75 Å². The van der Waals surface area contributed by atoms with Crippen LogP contribution in [0.1, 0.15) is 19.8 Å². The largest absolute Gasteiger partial charge is 0.493 e. The second kappa shape index (κ2) is 10.2. The number of hydrogen-bond donors (Lipinski definition) is 1. The molecule has 0 radical (unpaired) electrons. The fourth-order valence-corrected chi connectivity index (χ4v) is 4.50. The number of fused-ring (bicyclic) bond motifs is 1. The van der Waals surface area contributed by atoms with Crippen molar-refractivity contribution >= 4 is 20.9 Å². The van der Waals surface area contributed by atoms with E-state index in [2.05, 4.69) is 17.9 Å². The molecule has 1 saturated heterocycles. The minimum absolute atomic E-state index is 0.0914. The molecular formula is C21H31N2O4S+. The topological polar surface area (TPSA) is 60.3 Å². The third kappa shape index (κ3) is 6.44. The molecule has 0 amide bonds. The summed E-state index contributed by atoms with van der Waals surface area (Å²) in [6, 6.07) is 14.1. The summed E-state index contributed by atoms with van der Waals surface area (Å²) < 4.78 is 34.9. The van der Waals surface area contributed by atoms with Gasteiger partial charge in [-0.3, -0.25) is 9.08 Å². The van der Waals surface area contributed by atoms with Gasteiger partial charge in [0.15, 0.2) is 0 Å². The van der Waals surface area contributed by atoms with Crippen molar-refractivity contribution in [2.75, 3.05) is 51.8 Å². The summed E-state index contributed by atoms with van der Waals surface area (Å²) in [5, 5.41) is 2.29. The lowest BCUT2D eigenvalue weighted by Crippen LogP contribution is -3.10. The number of hydrogen-bond acceptors (Lipinski definition) is 5. The van der Waals surface area contributed by atoms with Gasteiger partial charge in [0, 0.05) is 19.4 Å². The highest BCUT2D eigenvalue weighted by atomic mass is 32.2. The minimum Gasteiger partial charge on any atom is -0.493 e. The lowest BCUT2D eigenvalue weighted by Gasteiger charge is -2.13. The van der Waals surface area contributed by atoms with Crippen molar-refractivity contribution in [3.05, 3.63) is 42.5 Å². The van der Waals surface area contributed by atoms with E-state index >= 15 is 0 Å². The molecule has 0 bridgehead atoms. The van der Waals surface area contributed by atoms with Crippen LogP contribution in [0.3, 0.4) is 0 Å². The van der Waals surface area contributed by atoms with Gasteiger partial charge in [0.05, 0.1) is 38.6 Å². The molecule has 1 aliphatic rings. The summed E-state index contributed by atoms with van der Waals surface area (Å²) in [6.07, 6.45) is 1.18. The number of nitrogens with zero attached hydrogens (tertiary/aromatic N) is 1. The SMILES string of the molecule is CCN1CC[NH+](CCCS(=O)(=O)OCCCOc2ccc3ccccc3c2)C1. The van der Waals surface area contributed by atoms with Crippen LogP contribution < -0.4 is 9.64 Å². The van der Waals surface area contributed by atoms with Crippen LogP contribution >= 0.6 is 0 Å². The number of quaternary nitrogens is 1. The third-order valence-corrected chi connectivity index (χ3v) is 6.46. The Kier molecular flexibility index (Phi) is 7.67.